The van der Waals surface area contributed by atoms with Crippen LogP contribution in [0, 0.1) is 0 Å². The number of nitrogens with one attached hydrogen (secondary N) is 2. The first kappa shape index (κ1) is 13.1. The summed E-state index contributed by atoms with van der Waals surface area (Å²) in [6, 6.07) is 3.66. The minimum atomic E-state index is -0.269. The van der Waals surface area contributed by atoms with Crippen LogP contribution in [0.25, 0.3) is 22.5 Å². The molecule has 104 valence electrons. The second-order valence-corrected chi connectivity index (χ2v) is 6.54. The van der Waals surface area contributed by atoms with E-state index in [4.69, 9.17) is 4.52 Å². The normalized spacial score (nSPS) is 12.2. The molecule has 6 nitrogen and oxygen atoms in total. The zero-order valence-corrected chi connectivity index (χ0v) is 12.8. The van der Waals surface area contributed by atoms with E-state index in [1.807, 2.05) is 32.9 Å². The first-order chi connectivity index (χ1) is 9.34. The number of H-pyrrole nitrogens is 2. The number of hydrogen-bond donors (Lipinski definition) is 2. The molecule has 3 aromatic rings. The Balaban J connectivity index is 2.23. The second-order valence-electron chi connectivity index (χ2n) is 5.63. The molecule has 20 heavy (non-hydrogen) atoms. The van der Waals surface area contributed by atoms with E-state index >= 15 is 0 Å². The van der Waals surface area contributed by atoms with Crippen LogP contribution in [-0.4, -0.2) is 20.1 Å². The van der Waals surface area contributed by atoms with Gasteiger partial charge < -0.3 is 14.5 Å². The molecule has 2 aromatic heterocycles. The third-order valence-electron chi connectivity index (χ3n) is 2.92. The van der Waals surface area contributed by atoms with Gasteiger partial charge >= 0.3 is 5.69 Å². The van der Waals surface area contributed by atoms with Crippen LogP contribution >= 0.6 is 15.9 Å². The molecule has 2 N–H and O–H groups in total. The van der Waals surface area contributed by atoms with Gasteiger partial charge in [0.25, 0.3) is 5.89 Å². The minimum absolute atomic E-state index is 0.196. The molecule has 0 radical (unpaired) electrons. The zero-order valence-electron chi connectivity index (χ0n) is 11.2. The van der Waals surface area contributed by atoms with Crippen molar-refractivity contribution in [1.82, 2.24) is 20.1 Å². The van der Waals surface area contributed by atoms with E-state index in [0.29, 0.717) is 28.3 Å². The summed E-state index contributed by atoms with van der Waals surface area (Å²) < 4.78 is 6.16. The van der Waals surface area contributed by atoms with Crippen LogP contribution in [0.2, 0.25) is 0 Å². The largest absolute Gasteiger partial charge is 0.334 e. The predicted molar refractivity (Wildman–Crippen MR) is 78.6 cm³/mol. The Kier molecular flexibility index (Phi) is 2.82. The lowest BCUT2D eigenvalue weighted by Crippen LogP contribution is -2.13. The summed E-state index contributed by atoms with van der Waals surface area (Å²) in [6.45, 7) is 6.03. The fraction of sp³-hybridized carbons (Fsp3) is 0.308. The fourth-order valence-corrected chi connectivity index (χ4v) is 2.37. The van der Waals surface area contributed by atoms with Crippen LogP contribution in [0.3, 0.4) is 0 Å². The van der Waals surface area contributed by atoms with Crippen LogP contribution in [0.15, 0.2) is 25.9 Å². The molecule has 0 spiro atoms. The number of aromatic nitrogens is 4. The lowest BCUT2D eigenvalue weighted by Gasteiger charge is -2.10. The van der Waals surface area contributed by atoms with Crippen molar-refractivity contribution in [2.24, 2.45) is 0 Å². The molecule has 7 heteroatoms. The Labute approximate surface area is 122 Å². The van der Waals surface area contributed by atoms with Crippen LogP contribution in [0.1, 0.15) is 26.6 Å². The maximum Gasteiger partial charge on any atom is 0.323 e. The second kappa shape index (κ2) is 4.31. The Morgan fingerprint density at radius 3 is 2.65 bits per heavy atom. The highest BCUT2D eigenvalue weighted by Gasteiger charge is 2.22. The van der Waals surface area contributed by atoms with Crippen molar-refractivity contribution in [2.75, 3.05) is 0 Å². The number of imidazole rings is 1. The van der Waals surface area contributed by atoms with Gasteiger partial charge in [-0.2, -0.15) is 4.98 Å². The highest BCUT2D eigenvalue weighted by molar-refractivity contribution is 9.10. The predicted octanol–water partition coefficient (Wildman–Crippen LogP) is 2.97. The van der Waals surface area contributed by atoms with Crippen LogP contribution in [-0.2, 0) is 5.41 Å². The molecule has 0 amide bonds. The smallest absolute Gasteiger partial charge is 0.323 e. The summed E-state index contributed by atoms with van der Waals surface area (Å²) in [5.74, 6) is 1.01. The maximum atomic E-state index is 11.5. The molecule has 0 fully saturated rings. The van der Waals surface area contributed by atoms with E-state index in [9.17, 15) is 4.79 Å². The lowest BCUT2D eigenvalue weighted by molar-refractivity contribution is 0.402. The topological polar surface area (TPSA) is 87.6 Å². The molecule has 2 heterocycles. The highest BCUT2D eigenvalue weighted by Crippen LogP contribution is 2.30. The van der Waals surface area contributed by atoms with E-state index in [1.54, 1.807) is 0 Å². The molecule has 0 saturated heterocycles. The van der Waals surface area contributed by atoms with Gasteiger partial charge in [-0.3, -0.25) is 0 Å². The number of hydrogen-bond acceptors (Lipinski definition) is 4. The monoisotopic (exact) mass is 336 g/mol. The molecule has 0 aliphatic heterocycles. The van der Waals surface area contributed by atoms with Crippen molar-refractivity contribution in [3.8, 4) is 11.5 Å². The number of aromatic amines is 2. The van der Waals surface area contributed by atoms with Crippen molar-refractivity contribution in [3.05, 3.63) is 32.9 Å². The maximum absolute atomic E-state index is 11.5. The standard InChI is InChI=1S/C13H13BrN4O2/c1-13(2,3)11-17-10(20-18-11)7-4-6(14)5-8-9(7)16-12(19)15-8/h4-5H,1-3H3,(H2,15,16,19). The van der Waals surface area contributed by atoms with Gasteiger partial charge in [0.2, 0.25) is 0 Å². The average Bonchev–Trinajstić information content (AvgIpc) is 2.92. The molecule has 3 rings (SSSR count). The number of halogens is 1. The summed E-state index contributed by atoms with van der Waals surface area (Å²) in [6.07, 6.45) is 0. The molecule has 0 aliphatic carbocycles. The summed E-state index contributed by atoms with van der Waals surface area (Å²) >= 11 is 3.41. The number of nitrogens with zero attached hydrogens (tertiary/aromatic N) is 2. The van der Waals surface area contributed by atoms with Gasteiger partial charge in [-0.15, -0.1) is 0 Å². The molecule has 0 unspecified atom stereocenters. The number of benzene rings is 1. The third kappa shape index (κ3) is 2.18. The average molecular weight is 337 g/mol. The molecule has 0 atom stereocenters. The SMILES string of the molecule is CC(C)(C)c1noc(-c2cc(Br)cc3[nH]c(=O)[nH]c23)n1. The summed E-state index contributed by atoms with van der Waals surface area (Å²) in [7, 11) is 0. The van der Waals surface area contributed by atoms with Gasteiger partial charge in [0.05, 0.1) is 16.6 Å². The van der Waals surface area contributed by atoms with E-state index < -0.39 is 0 Å². The van der Waals surface area contributed by atoms with E-state index in [2.05, 4.69) is 36.0 Å². The van der Waals surface area contributed by atoms with Gasteiger partial charge in [0.15, 0.2) is 5.82 Å². The highest BCUT2D eigenvalue weighted by atomic mass is 79.9. The molecular formula is C13H13BrN4O2. The van der Waals surface area contributed by atoms with Gasteiger partial charge in [-0.25, -0.2) is 4.79 Å². The molecule has 0 saturated carbocycles. The van der Waals surface area contributed by atoms with E-state index in [-0.39, 0.29) is 11.1 Å². The van der Waals surface area contributed by atoms with Crippen molar-refractivity contribution < 1.29 is 4.52 Å². The van der Waals surface area contributed by atoms with Crippen LogP contribution in [0.4, 0.5) is 0 Å². The molecular weight excluding hydrogens is 324 g/mol. The fourth-order valence-electron chi connectivity index (χ4n) is 1.91. The number of rotatable bonds is 1. The first-order valence-electron chi connectivity index (χ1n) is 6.11. The molecule has 0 bridgehead atoms. The van der Waals surface area contributed by atoms with Crippen molar-refractivity contribution >= 4 is 27.0 Å². The van der Waals surface area contributed by atoms with Gasteiger partial charge in [-0.05, 0) is 12.1 Å². The first-order valence-corrected chi connectivity index (χ1v) is 6.90. The van der Waals surface area contributed by atoms with Crippen molar-refractivity contribution in [2.45, 2.75) is 26.2 Å². The summed E-state index contributed by atoms with van der Waals surface area (Å²) in [4.78, 5) is 21.3. The Bertz CT molecular complexity index is 838. The Hall–Kier alpha value is -1.89. The zero-order chi connectivity index (χ0) is 14.5. The van der Waals surface area contributed by atoms with E-state index in [1.165, 1.54) is 0 Å². The summed E-state index contributed by atoms with van der Waals surface area (Å²) in [5, 5.41) is 4.00. The Morgan fingerprint density at radius 1 is 1.25 bits per heavy atom. The molecule has 1 aromatic carbocycles. The Morgan fingerprint density at radius 2 is 2.00 bits per heavy atom. The van der Waals surface area contributed by atoms with Crippen LogP contribution in [0.5, 0.6) is 0 Å². The van der Waals surface area contributed by atoms with Crippen LogP contribution < -0.4 is 5.69 Å². The molecule has 0 aliphatic rings. The van der Waals surface area contributed by atoms with Crippen molar-refractivity contribution in [1.29, 1.82) is 0 Å². The summed E-state index contributed by atoms with van der Waals surface area (Å²) in [5.41, 5.74) is 1.57. The third-order valence-corrected chi connectivity index (χ3v) is 3.37. The van der Waals surface area contributed by atoms with Gasteiger partial charge in [-0.1, -0.05) is 41.9 Å². The van der Waals surface area contributed by atoms with E-state index in [0.717, 1.165) is 4.47 Å². The number of fused-ring (bicyclic) bond motifs is 1. The minimum Gasteiger partial charge on any atom is -0.334 e. The quantitative estimate of drug-likeness (QED) is 0.715. The van der Waals surface area contributed by atoms with Gasteiger partial charge in [0, 0.05) is 9.89 Å². The lowest BCUT2D eigenvalue weighted by atomic mass is 9.96. The van der Waals surface area contributed by atoms with Crippen molar-refractivity contribution in [3.63, 3.8) is 0 Å². The van der Waals surface area contributed by atoms with Gasteiger partial charge in [0.1, 0.15) is 0 Å².